The molecule has 0 aromatic rings. The van der Waals surface area contributed by atoms with Gasteiger partial charge in [-0.3, -0.25) is 0 Å². The van der Waals surface area contributed by atoms with Crippen molar-refractivity contribution >= 4 is 0 Å². The highest BCUT2D eigenvalue weighted by atomic mass is 15.1. The SMILES string of the molecule is CC.CN1CCC2(CCCC2)CC1. The van der Waals surface area contributed by atoms with Gasteiger partial charge in [-0.05, 0) is 51.2 Å². The van der Waals surface area contributed by atoms with E-state index in [0.29, 0.717) is 0 Å². The van der Waals surface area contributed by atoms with Crippen LogP contribution in [0.5, 0.6) is 0 Å². The highest BCUT2D eigenvalue weighted by Crippen LogP contribution is 2.45. The molecule has 1 saturated carbocycles. The Morgan fingerprint density at radius 1 is 0.846 bits per heavy atom. The number of piperidine rings is 1. The van der Waals surface area contributed by atoms with Crippen molar-refractivity contribution in [2.45, 2.75) is 52.4 Å². The van der Waals surface area contributed by atoms with Crippen LogP contribution in [0.4, 0.5) is 0 Å². The molecule has 0 aromatic carbocycles. The Kier molecular flexibility index (Phi) is 4.24. The predicted molar refractivity (Wildman–Crippen MR) is 59.0 cm³/mol. The van der Waals surface area contributed by atoms with Crippen LogP contribution in [0, 0.1) is 5.41 Å². The van der Waals surface area contributed by atoms with Crippen molar-refractivity contribution in [2.24, 2.45) is 5.41 Å². The van der Waals surface area contributed by atoms with Crippen LogP contribution in [0.3, 0.4) is 0 Å². The molecule has 13 heavy (non-hydrogen) atoms. The summed E-state index contributed by atoms with van der Waals surface area (Å²) in [5, 5.41) is 0. The molecule has 1 aliphatic heterocycles. The first-order chi connectivity index (χ1) is 6.31. The van der Waals surface area contributed by atoms with Crippen molar-refractivity contribution in [2.75, 3.05) is 20.1 Å². The monoisotopic (exact) mass is 183 g/mol. The van der Waals surface area contributed by atoms with Gasteiger partial charge in [-0.25, -0.2) is 0 Å². The lowest BCUT2D eigenvalue weighted by Crippen LogP contribution is -2.36. The summed E-state index contributed by atoms with van der Waals surface area (Å²) < 4.78 is 0. The number of likely N-dealkylation sites (tertiary alicyclic amines) is 1. The Balaban J connectivity index is 0.000000396. The van der Waals surface area contributed by atoms with Gasteiger partial charge in [0.2, 0.25) is 0 Å². The van der Waals surface area contributed by atoms with E-state index >= 15 is 0 Å². The normalized spacial score (nSPS) is 27.0. The molecule has 0 N–H and O–H groups in total. The first kappa shape index (κ1) is 11.0. The van der Waals surface area contributed by atoms with Crippen LogP contribution in [0.25, 0.3) is 0 Å². The van der Waals surface area contributed by atoms with Gasteiger partial charge in [0, 0.05) is 0 Å². The van der Waals surface area contributed by atoms with E-state index in [1.807, 2.05) is 13.8 Å². The molecule has 0 aromatic heterocycles. The third-order valence-electron chi connectivity index (χ3n) is 3.71. The van der Waals surface area contributed by atoms with Crippen molar-refractivity contribution in [3.8, 4) is 0 Å². The molecular formula is C12H25N. The lowest BCUT2D eigenvalue weighted by molar-refractivity contribution is 0.128. The molecular weight excluding hydrogens is 158 g/mol. The van der Waals surface area contributed by atoms with Crippen molar-refractivity contribution in [1.29, 1.82) is 0 Å². The van der Waals surface area contributed by atoms with E-state index in [0.717, 1.165) is 5.41 Å². The van der Waals surface area contributed by atoms with Crippen molar-refractivity contribution in [1.82, 2.24) is 4.90 Å². The van der Waals surface area contributed by atoms with Gasteiger partial charge in [-0.15, -0.1) is 0 Å². The Hall–Kier alpha value is -0.0400. The van der Waals surface area contributed by atoms with E-state index in [9.17, 15) is 0 Å². The summed E-state index contributed by atoms with van der Waals surface area (Å²) in [6.07, 6.45) is 9.02. The van der Waals surface area contributed by atoms with Gasteiger partial charge in [-0.2, -0.15) is 0 Å². The number of hydrogen-bond acceptors (Lipinski definition) is 1. The second-order valence-electron chi connectivity index (χ2n) is 4.51. The minimum absolute atomic E-state index is 0.812. The van der Waals surface area contributed by atoms with E-state index in [1.54, 1.807) is 0 Å². The molecule has 0 amide bonds. The summed E-state index contributed by atoms with van der Waals surface area (Å²) in [7, 11) is 2.25. The Morgan fingerprint density at radius 3 is 1.77 bits per heavy atom. The van der Waals surface area contributed by atoms with E-state index in [1.165, 1.54) is 51.6 Å². The zero-order valence-electron chi connectivity index (χ0n) is 9.60. The summed E-state index contributed by atoms with van der Waals surface area (Å²) in [4.78, 5) is 2.48. The first-order valence-corrected chi connectivity index (χ1v) is 5.99. The third-order valence-corrected chi connectivity index (χ3v) is 3.71. The highest BCUT2D eigenvalue weighted by molar-refractivity contribution is 4.88. The Labute approximate surface area is 83.5 Å². The van der Waals surface area contributed by atoms with Crippen LogP contribution in [-0.4, -0.2) is 25.0 Å². The molecule has 1 spiro atoms. The number of nitrogens with zero attached hydrogens (tertiary/aromatic N) is 1. The number of hydrogen-bond donors (Lipinski definition) is 0. The van der Waals surface area contributed by atoms with E-state index in [2.05, 4.69) is 11.9 Å². The van der Waals surface area contributed by atoms with E-state index in [-0.39, 0.29) is 0 Å². The molecule has 2 fully saturated rings. The maximum Gasteiger partial charge on any atom is -0.00165 e. The summed E-state index contributed by atoms with van der Waals surface area (Å²) in [5.74, 6) is 0. The van der Waals surface area contributed by atoms with Crippen LogP contribution < -0.4 is 0 Å². The van der Waals surface area contributed by atoms with Crippen LogP contribution in [-0.2, 0) is 0 Å². The fourth-order valence-corrected chi connectivity index (χ4v) is 2.72. The molecule has 1 nitrogen and oxygen atoms in total. The lowest BCUT2D eigenvalue weighted by atomic mass is 9.77. The second-order valence-corrected chi connectivity index (χ2v) is 4.51. The van der Waals surface area contributed by atoms with Crippen LogP contribution in [0.1, 0.15) is 52.4 Å². The van der Waals surface area contributed by atoms with Gasteiger partial charge < -0.3 is 4.90 Å². The Bertz CT molecular complexity index is 126. The zero-order chi connectivity index (χ0) is 9.73. The molecule has 1 saturated heterocycles. The standard InChI is InChI=1S/C10H19N.C2H6/c1-11-8-6-10(7-9-11)4-2-3-5-10;1-2/h2-9H2,1H3;1-2H3. The second kappa shape index (κ2) is 4.99. The minimum Gasteiger partial charge on any atom is -0.306 e. The average molecular weight is 183 g/mol. The molecule has 1 heterocycles. The van der Waals surface area contributed by atoms with Crippen molar-refractivity contribution in [3.63, 3.8) is 0 Å². The quantitative estimate of drug-likeness (QED) is 0.557. The molecule has 2 aliphatic rings. The largest absolute Gasteiger partial charge is 0.306 e. The van der Waals surface area contributed by atoms with Gasteiger partial charge >= 0.3 is 0 Å². The van der Waals surface area contributed by atoms with Gasteiger partial charge in [0.15, 0.2) is 0 Å². The highest BCUT2D eigenvalue weighted by Gasteiger charge is 2.35. The summed E-state index contributed by atoms with van der Waals surface area (Å²) in [5.41, 5.74) is 0.812. The molecule has 1 heteroatoms. The summed E-state index contributed by atoms with van der Waals surface area (Å²) >= 11 is 0. The number of rotatable bonds is 0. The fraction of sp³-hybridized carbons (Fsp3) is 1.00. The van der Waals surface area contributed by atoms with Gasteiger partial charge in [0.25, 0.3) is 0 Å². The molecule has 0 radical (unpaired) electrons. The molecule has 0 atom stereocenters. The zero-order valence-corrected chi connectivity index (χ0v) is 9.60. The minimum atomic E-state index is 0.812. The molecule has 2 rings (SSSR count). The van der Waals surface area contributed by atoms with E-state index in [4.69, 9.17) is 0 Å². The first-order valence-electron chi connectivity index (χ1n) is 5.99. The summed E-state index contributed by atoms with van der Waals surface area (Å²) in [6, 6.07) is 0. The molecule has 78 valence electrons. The maximum absolute atomic E-state index is 2.48. The van der Waals surface area contributed by atoms with Crippen molar-refractivity contribution in [3.05, 3.63) is 0 Å². The maximum atomic E-state index is 2.48. The summed E-state index contributed by atoms with van der Waals surface area (Å²) in [6.45, 7) is 6.69. The topological polar surface area (TPSA) is 3.24 Å². The van der Waals surface area contributed by atoms with Crippen LogP contribution in [0.2, 0.25) is 0 Å². The van der Waals surface area contributed by atoms with Gasteiger partial charge in [0.1, 0.15) is 0 Å². The van der Waals surface area contributed by atoms with Crippen LogP contribution >= 0.6 is 0 Å². The molecule has 0 bridgehead atoms. The predicted octanol–water partition coefficient (Wildman–Crippen LogP) is 3.30. The van der Waals surface area contributed by atoms with Crippen molar-refractivity contribution < 1.29 is 0 Å². The smallest absolute Gasteiger partial charge is 0.00165 e. The molecule has 1 aliphatic carbocycles. The fourth-order valence-electron chi connectivity index (χ4n) is 2.72. The third kappa shape index (κ3) is 2.70. The average Bonchev–Trinajstić information content (AvgIpc) is 2.63. The van der Waals surface area contributed by atoms with Gasteiger partial charge in [-0.1, -0.05) is 26.7 Å². The Morgan fingerprint density at radius 2 is 1.31 bits per heavy atom. The lowest BCUT2D eigenvalue weighted by Gasteiger charge is -2.37. The van der Waals surface area contributed by atoms with E-state index < -0.39 is 0 Å². The molecule has 0 unspecified atom stereocenters. The van der Waals surface area contributed by atoms with Gasteiger partial charge in [0.05, 0.1) is 0 Å². The van der Waals surface area contributed by atoms with Crippen LogP contribution in [0.15, 0.2) is 0 Å².